The maximum Gasteiger partial charge on any atom is 0.237 e. The second-order valence-corrected chi connectivity index (χ2v) is 5.69. The highest BCUT2D eigenvalue weighted by Crippen LogP contribution is 2.21. The predicted octanol–water partition coefficient (Wildman–Crippen LogP) is 0.506. The summed E-state index contributed by atoms with van der Waals surface area (Å²) < 4.78 is 0. The molecule has 0 aromatic heterocycles. The minimum absolute atomic E-state index is 0.00511. The van der Waals surface area contributed by atoms with Crippen molar-refractivity contribution in [1.29, 1.82) is 0 Å². The molecule has 1 aliphatic heterocycles. The first-order chi connectivity index (χ1) is 9.51. The molecule has 2 rings (SSSR count). The van der Waals surface area contributed by atoms with Crippen LogP contribution in [-0.2, 0) is 17.8 Å². The lowest BCUT2D eigenvalue weighted by Gasteiger charge is -2.28. The van der Waals surface area contributed by atoms with Crippen molar-refractivity contribution < 1.29 is 9.90 Å². The summed E-state index contributed by atoms with van der Waals surface area (Å²) in [5.41, 5.74) is 7.84. The van der Waals surface area contributed by atoms with Crippen LogP contribution in [0.15, 0.2) is 18.2 Å². The molecule has 5 nitrogen and oxygen atoms in total. The van der Waals surface area contributed by atoms with E-state index >= 15 is 0 Å². The summed E-state index contributed by atoms with van der Waals surface area (Å²) in [6.07, 6.45) is 0.636. The summed E-state index contributed by atoms with van der Waals surface area (Å²) in [6.45, 7) is 5.13. The summed E-state index contributed by atoms with van der Waals surface area (Å²) in [7, 11) is 0. The molecule has 0 saturated carbocycles. The third-order valence-electron chi connectivity index (χ3n) is 3.86. The number of hydrogen-bond acceptors (Lipinski definition) is 4. The number of phenolic OH excluding ortho intramolecular Hbond substituents is 1. The van der Waals surface area contributed by atoms with Crippen molar-refractivity contribution in [3.8, 4) is 5.75 Å². The number of carbonyl (C=O) groups is 1. The van der Waals surface area contributed by atoms with Crippen LogP contribution >= 0.6 is 0 Å². The van der Waals surface area contributed by atoms with Gasteiger partial charge in [0.15, 0.2) is 0 Å². The molecule has 1 amide bonds. The van der Waals surface area contributed by atoms with Gasteiger partial charge in [-0.25, -0.2) is 0 Å². The number of benzene rings is 1. The van der Waals surface area contributed by atoms with Crippen LogP contribution in [0.4, 0.5) is 0 Å². The molecule has 0 bridgehead atoms. The second-order valence-electron chi connectivity index (χ2n) is 5.69. The van der Waals surface area contributed by atoms with Crippen LogP contribution in [0.1, 0.15) is 25.0 Å². The highest BCUT2D eigenvalue weighted by molar-refractivity contribution is 5.82. The first kappa shape index (κ1) is 14.8. The maximum absolute atomic E-state index is 12.3. The average Bonchev–Trinajstić information content (AvgIpc) is 2.43. The highest BCUT2D eigenvalue weighted by Gasteiger charge is 2.26. The van der Waals surface area contributed by atoms with Crippen LogP contribution in [0.2, 0.25) is 0 Å². The number of nitrogens with two attached hydrogens (primary N) is 1. The smallest absolute Gasteiger partial charge is 0.237 e. The van der Waals surface area contributed by atoms with Crippen LogP contribution in [0.3, 0.4) is 0 Å². The van der Waals surface area contributed by atoms with E-state index in [2.05, 4.69) is 10.6 Å². The number of phenols is 1. The molecule has 0 aliphatic carbocycles. The Bertz CT molecular complexity index is 488. The van der Waals surface area contributed by atoms with Gasteiger partial charge in [0, 0.05) is 19.1 Å². The average molecular weight is 277 g/mol. The van der Waals surface area contributed by atoms with E-state index in [4.69, 9.17) is 5.73 Å². The summed E-state index contributed by atoms with van der Waals surface area (Å²) in [6, 6.07) is 5.06. The van der Waals surface area contributed by atoms with Crippen molar-refractivity contribution in [2.24, 2.45) is 11.7 Å². The SMILES string of the molecule is CC(C)[C@@H](CN)NC(=O)[C@H]1Cc2ccc(O)cc2CN1. The molecule has 0 radical (unpaired) electrons. The van der Waals surface area contributed by atoms with E-state index in [1.54, 1.807) is 12.1 Å². The molecule has 5 heteroatoms. The summed E-state index contributed by atoms with van der Waals surface area (Å²) >= 11 is 0. The van der Waals surface area contributed by atoms with Crippen molar-refractivity contribution >= 4 is 5.91 Å². The van der Waals surface area contributed by atoms with E-state index < -0.39 is 0 Å². The third kappa shape index (κ3) is 3.29. The van der Waals surface area contributed by atoms with Gasteiger partial charge < -0.3 is 21.5 Å². The third-order valence-corrected chi connectivity index (χ3v) is 3.86. The summed E-state index contributed by atoms with van der Waals surface area (Å²) in [4.78, 5) is 12.3. The van der Waals surface area contributed by atoms with Gasteiger partial charge in [0.25, 0.3) is 0 Å². The van der Waals surface area contributed by atoms with E-state index in [0.717, 1.165) is 11.1 Å². The lowest BCUT2D eigenvalue weighted by Crippen LogP contribution is -2.53. The first-order valence-corrected chi connectivity index (χ1v) is 7.06. The van der Waals surface area contributed by atoms with Gasteiger partial charge in [-0.1, -0.05) is 19.9 Å². The zero-order valence-electron chi connectivity index (χ0n) is 12.0. The minimum atomic E-state index is -0.236. The summed E-state index contributed by atoms with van der Waals surface area (Å²) in [5, 5.41) is 15.7. The Balaban J connectivity index is 2.01. The van der Waals surface area contributed by atoms with Gasteiger partial charge in [-0.05, 0) is 35.6 Å². The standard InChI is InChI=1S/C15H23N3O2/c1-9(2)14(7-16)18-15(20)13-6-10-3-4-12(19)5-11(10)8-17-13/h3-5,9,13-14,17,19H,6-8,16H2,1-2H3,(H,18,20)/t13-,14-/m1/s1. The van der Waals surface area contributed by atoms with E-state index in [1.165, 1.54) is 0 Å². The Morgan fingerprint density at radius 1 is 1.50 bits per heavy atom. The Labute approximate surface area is 119 Å². The van der Waals surface area contributed by atoms with Crippen LogP contribution in [0.25, 0.3) is 0 Å². The number of aromatic hydroxyl groups is 1. The minimum Gasteiger partial charge on any atom is -0.508 e. The van der Waals surface area contributed by atoms with E-state index in [1.807, 2.05) is 19.9 Å². The van der Waals surface area contributed by atoms with Gasteiger partial charge in [-0.3, -0.25) is 4.79 Å². The number of fused-ring (bicyclic) bond motifs is 1. The van der Waals surface area contributed by atoms with Gasteiger partial charge in [-0.15, -0.1) is 0 Å². The van der Waals surface area contributed by atoms with Crippen molar-refractivity contribution in [2.75, 3.05) is 6.54 Å². The normalized spacial score (nSPS) is 19.5. The molecule has 0 fully saturated rings. The number of nitrogens with one attached hydrogen (secondary N) is 2. The second kappa shape index (κ2) is 6.24. The molecular weight excluding hydrogens is 254 g/mol. The Morgan fingerprint density at radius 3 is 2.90 bits per heavy atom. The molecule has 2 atom stereocenters. The molecule has 1 heterocycles. The number of hydrogen-bond donors (Lipinski definition) is 4. The molecule has 0 unspecified atom stereocenters. The molecular formula is C15H23N3O2. The molecule has 20 heavy (non-hydrogen) atoms. The lowest BCUT2D eigenvalue weighted by atomic mass is 9.94. The Morgan fingerprint density at radius 2 is 2.25 bits per heavy atom. The van der Waals surface area contributed by atoms with E-state index in [-0.39, 0.29) is 23.7 Å². The molecule has 110 valence electrons. The molecule has 1 aliphatic rings. The van der Waals surface area contributed by atoms with Gasteiger partial charge in [0.1, 0.15) is 5.75 Å². The van der Waals surface area contributed by atoms with Crippen LogP contribution < -0.4 is 16.4 Å². The first-order valence-electron chi connectivity index (χ1n) is 7.06. The fourth-order valence-electron chi connectivity index (χ4n) is 2.47. The zero-order valence-corrected chi connectivity index (χ0v) is 12.0. The molecule has 0 saturated heterocycles. The van der Waals surface area contributed by atoms with Gasteiger partial charge in [0.2, 0.25) is 5.91 Å². The number of rotatable bonds is 4. The Hall–Kier alpha value is -1.59. The van der Waals surface area contributed by atoms with Crippen LogP contribution in [0, 0.1) is 5.92 Å². The van der Waals surface area contributed by atoms with E-state index in [9.17, 15) is 9.90 Å². The van der Waals surface area contributed by atoms with Crippen LogP contribution in [-0.4, -0.2) is 29.6 Å². The van der Waals surface area contributed by atoms with Gasteiger partial charge >= 0.3 is 0 Å². The predicted molar refractivity (Wildman–Crippen MR) is 78.3 cm³/mol. The zero-order chi connectivity index (χ0) is 14.7. The Kier molecular flexibility index (Phi) is 4.62. The fourth-order valence-corrected chi connectivity index (χ4v) is 2.47. The van der Waals surface area contributed by atoms with Crippen molar-refractivity contribution in [1.82, 2.24) is 10.6 Å². The largest absolute Gasteiger partial charge is 0.508 e. The molecule has 1 aromatic carbocycles. The maximum atomic E-state index is 12.3. The fraction of sp³-hybridized carbons (Fsp3) is 0.533. The highest BCUT2D eigenvalue weighted by atomic mass is 16.3. The topological polar surface area (TPSA) is 87.4 Å². The number of carbonyl (C=O) groups excluding carboxylic acids is 1. The lowest BCUT2D eigenvalue weighted by molar-refractivity contribution is -0.124. The quantitative estimate of drug-likeness (QED) is 0.645. The van der Waals surface area contributed by atoms with Crippen molar-refractivity contribution in [3.05, 3.63) is 29.3 Å². The monoisotopic (exact) mass is 277 g/mol. The summed E-state index contributed by atoms with van der Waals surface area (Å²) in [5.74, 6) is 0.570. The van der Waals surface area contributed by atoms with Gasteiger partial charge in [0.05, 0.1) is 6.04 Å². The molecule has 5 N–H and O–H groups in total. The van der Waals surface area contributed by atoms with Crippen molar-refractivity contribution in [3.63, 3.8) is 0 Å². The van der Waals surface area contributed by atoms with Gasteiger partial charge in [-0.2, -0.15) is 0 Å². The van der Waals surface area contributed by atoms with Crippen molar-refractivity contribution in [2.45, 2.75) is 38.9 Å². The molecule has 1 aromatic rings. The van der Waals surface area contributed by atoms with E-state index in [0.29, 0.717) is 25.4 Å². The molecule has 0 spiro atoms. The van der Waals surface area contributed by atoms with Crippen LogP contribution in [0.5, 0.6) is 5.75 Å². The number of amides is 1.